The highest BCUT2D eigenvalue weighted by molar-refractivity contribution is 5.90. The number of esters is 1. The SMILES string of the molecule is COc1cccc(/C=C/C(=O)OCC(=O)N2CCC[C@H]3CCCC[C@@H]32)c1OC. The zero-order valence-corrected chi connectivity index (χ0v) is 16.7. The van der Waals surface area contributed by atoms with Crippen LogP contribution in [0.4, 0.5) is 0 Å². The first kappa shape index (κ1) is 20.2. The van der Waals surface area contributed by atoms with Gasteiger partial charge in [-0.05, 0) is 43.7 Å². The lowest BCUT2D eigenvalue weighted by Crippen LogP contribution is -2.50. The van der Waals surface area contributed by atoms with Crippen molar-refractivity contribution >= 4 is 18.0 Å². The highest BCUT2D eigenvalue weighted by Gasteiger charge is 2.35. The van der Waals surface area contributed by atoms with Gasteiger partial charge in [0.1, 0.15) is 0 Å². The maximum absolute atomic E-state index is 12.6. The van der Waals surface area contributed by atoms with Gasteiger partial charge in [-0.15, -0.1) is 0 Å². The molecule has 1 heterocycles. The Balaban J connectivity index is 1.55. The van der Waals surface area contributed by atoms with Gasteiger partial charge < -0.3 is 19.1 Å². The minimum Gasteiger partial charge on any atom is -0.493 e. The van der Waals surface area contributed by atoms with E-state index in [1.54, 1.807) is 26.4 Å². The van der Waals surface area contributed by atoms with Gasteiger partial charge in [0.2, 0.25) is 0 Å². The lowest BCUT2D eigenvalue weighted by Gasteiger charge is -2.44. The second-order valence-corrected chi connectivity index (χ2v) is 7.37. The van der Waals surface area contributed by atoms with E-state index in [1.807, 2.05) is 17.0 Å². The molecule has 1 amide bonds. The number of hydrogen-bond acceptors (Lipinski definition) is 5. The summed E-state index contributed by atoms with van der Waals surface area (Å²) < 4.78 is 15.8. The lowest BCUT2D eigenvalue weighted by molar-refractivity contribution is -0.151. The maximum atomic E-state index is 12.6. The third-order valence-electron chi connectivity index (χ3n) is 5.73. The number of hydrogen-bond donors (Lipinski definition) is 0. The monoisotopic (exact) mass is 387 g/mol. The molecule has 1 aliphatic heterocycles. The number of fused-ring (bicyclic) bond motifs is 1. The van der Waals surface area contributed by atoms with Crippen LogP contribution in [0.1, 0.15) is 44.1 Å². The van der Waals surface area contributed by atoms with Crippen LogP contribution >= 0.6 is 0 Å². The third kappa shape index (κ3) is 4.66. The number of carbonyl (C=O) groups excluding carboxylic acids is 2. The molecule has 1 saturated heterocycles. The quantitative estimate of drug-likeness (QED) is 0.553. The number of nitrogens with zero attached hydrogens (tertiary/aromatic N) is 1. The van der Waals surface area contributed by atoms with Crippen molar-refractivity contribution in [3.05, 3.63) is 29.8 Å². The molecule has 0 radical (unpaired) electrons. The predicted octanol–water partition coefficient (Wildman–Crippen LogP) is 3.44. The van der Waals surface area contributed by atoms with Crippen molar-refractivity contribution in [2.75, 3.05) is 27.4 Å². The van der Waals surface area contributed by atoms with Crippen LogP contribution in [0.3, 0.4) is 0 Å². The molecule has 0 bridgehead atoms. The van der Waals surface area contributed by atoms with E-state index in [9.17, 15) is 9.59 Å². The Hall–Kier alpha value is -2.50. The summed E-state index contributed by atoms with van der Waals surface area (Å²) >= 11 is 0. The van der Waals surface area contributed by atoms with Crippen LogP contribution in [0, 0.1) is 5.92 Å². The molecule has 28 heavy (non-hydrogen) atoms. The Morgan fingerprint density at radius 2 is 1.89 bits per heavy atom. The lowest BCUT2D eigenvalue weighted by atomic mass is 9.78. The molecule has 2 fully saturated rings. The van der Waals surface area contributed by atoms with Gasteiger partial charge in [0, 0.05) is 24.2 Å². The van der Waals surface area contributed by atoms with Crippen molar-refractivity contribution in [2.24, 2.45) is 5.92 Å². The number of likely N-dealkylation sites (tertiary alicyclic amines) is 1. The first-order valence-corrected chi connectivity index (χ1v) is 9.99. The second-order valence-electron chi connectivity index (χ2n) is 7.37. The highest BCUT2D eigenvalue weighted by Crippen LogP contribution is 2.35. The van der Waals surface area contributed by atoms with Crippen LogP contribution in [0.15, 0.2) is 24.3 Å². The number of benzene rings is 1. The van der Waals surface area contributed by atoms with E-state index in [4.69, 9.17) is 14.2 Å². The van der Waals surface area contributed by atoms with Crippen LogP contribution < -0.4 is 9.47 Å². The fourth-order valence-corrected chi connectivity index (χ4v) is 4.40. The van der Waals surface area contributed by atoms with E-state index in [2.05, 4.69) is 0 Å². The summed E-state index contributed by atoms with van der Waals surface area (Å²) in [4.78, 5) is 26.6. The number of piperidine rings is 1. The molecule has 152 valence electrons. The van der Waals surface area contributed by atoms with Gasteiger partial charge in [-0.25, -0.2) is 4.79 Å². The van der Waals surface area contributed by atoms with E-state index in [1.165, 1.54) is 31.8 Å². The van der Waals surface area contributed by atoms with Crippen LogP contribution in [-0.2, 0) is 14.3 Å². The number of amides is 1. The van der Waals surface area contributed by atoms with Crippen molar-refractivity contribution in [2.45, 2.75) is 44.6 Å². The molecule has 0 aromatic heterocycles. The van der Waals surface area contributed by atoms with Gasteiger partial charge in [0.05, 0.1) is 14.2 Å². The standard InChI is InChI=1S/C22H29NO5/c1-26-19-11-5-8-17(22(19)27-2)12-13-21(25)28-15-20(24)23-14-6-9-16-7-3-4-10-18(16)23/h5,8,11-13,16,18H,3-4,6-7,9-10,14-15H2,1-2H3/b13-12+/t16-,18+/m1/s1. The molecule has 6 nitrogen and oxygen atoms in total. The highest BCUT2D eigenvalue weighted by atomic mass is 16.5. The van der Waals surface area contributed by atoms with Crippen LogP contribution in [-0.4, -0.2) is 50.2 Å². The van der Waals surface area contributed by atoms with Crippen molar-refractivity contribution in [3.8, 4) is 11.5 Å². The second kappa shape index (κ2) is 9.62. The molecule has 6 heteroatoms. The molecule has 3 rings (SSSR count). The third-order valence-corrected chi connectivity index (χ3v) is 5.73. The zero-order chi connectivity index (χ0) is 19.9. The molecule has 0 N–H and O–H groups in total. The number of para-hydroxylation sites is 1. The summed E-state index contributed by atoms with van der Waals surface area (Å²) in [6.07, 6.45) is 9.87. The minimum absolute atomic E-state index is 0.0858. The maximum Gasteiger partial charge on any atom is 0.331 e. The van der Waals surface area contributed by atoms with Crippen LogP contribution in [0.25, 0.3) is 6.08 Å². The average Bonchev–Trinajstić information content (AvgIpc) is 2.75. The van der Waals surface area contributed by atoms with Gasteiger partial charge in [0.15, 0.2) is 18.1 Å². The number of ether oxygens (including phenoxy) is 3. The molecule has 0 spiro atoms. The molecule has 1 aromatic carbocycles. The Kier molecular flexibility index (Phi) is 6.95. The number of rotatable bonds is 6. The van der Waals surface area contributed by atoms with E-state index in [-0.39, 0.29) is 12.5 Å². The fraction of sp³-hybridized carbons (Fsp3) is 0.545. The van der Waals surface area contributed by atoms with Crippen LogP contribution in [0.5, 0.6) is 11.5 Å². The largest absolute Gasteiger partial charge is 0.493 e. The van der Waals surface area contributed by atoms with Crippen LogP contribution in [0.2, 0.25) is 0 Å². The van der Waals surface area contributed by atoms with Crippen molar-refractivity contribution in [1.29, 1.82) is 0 Å². The van der Waals surface area contributed by atoms with E-state index >= 15 is 0 Å². The normalized spacial score (nSPS) is 21.9. The molecule has 1 aromatic rings. The first-order chi connectivity index (χ1) is 13.6. The topological polar surface area (TPSA) is 65.1 Å². The Morgan fingerprint density at radius 1 is 1.11 bits per heavy atom. The minimum atomic E-state index is -0.546. The molecule has 1 saturated carbocycles. The molecular weight excluding hydrogens is 358 g/mol. The van der Waals surface area contributed by atoms with E-state index in [0.717, 1.165) is 19.4 Å². The Morgan fingerprint density at radius 3 is 2.68 bits per heavy atom. The Labute approximate surface area is 166 Å². The van der Waals surface area contributed by atoms with Gasteiger partial charge in [0.25, 0.3) is 5.91 Å². The van der Waals surface area contributed by atoms with Gasteiger partial charge in [-0.2, -0.15) is 0 Å². The molecule has 0 unspecified atom stereocenters. The average molecular weight is 387 g/mol. The first-order valence-electron chi connectivity index (χ1n) is 9.99. The molecule has 2 atom stereocenters. The smallest absolute Gasteiger partial charge is 0.331 e. The van der Waals surface area contributed by atoms with Gasteiger partial charge >= 0.3 is 5.97 Å². The fourth-order valence-electron chi connectivity index (χ4n) is 4.40. The van der Waals surface area contributed by atoms with Crippen molar-refractivity contribution in [3.63, 3.8) is 0 Å². The summed E-state index contributed by atoms with van der Waals surface area (Å²) in [6.45, 7) is 0.566. The summed E-state index contributed by atoms with van der Waals surface area (Å²) in [7, 11) is 3.10. The van der Waals surface area contributed by atoms with Crippen molar-refractivity contribution in [1.82, 2.24) is 4.90 Å². The summed E-state index contributed by atoms with van der Waals surface area (Å²) in [5, 5.41) is 0. The molecular formula is C22H29NO5. The van der Waals surface area contributed by atoms with Gasteiger partial charge in [-0.3, -0.25) is 4.79 Å². The Bertz CT molecular complexity index is 728. The summed E-state index contributed by atoms with van der Waals surface area (Å²) in [5.41, 5.74) is 0.700. The zero-order valence-electron chi connectivity index (χ0n) is 16.7. The number of carbonyl (C=O) groups is 2. The van der Waals surface area contributed by atoms with Gasteiger partial charge in [-0.1, -0.05) is 25.0 Å². The summed E-state index contributed by atoms with van der Waals surface area (Å²) in [6, 6.07) is 5.73. The van der Waals surface area contributed by atoms with Crippen molar-refractivity contribution < 1.29 is 23.8 Å². The number of methoxy groups -OCH3 is 2. The van der Waals surface area contributed by atoms with E-state index < -0.39 is 5.97 Å². The van der Waals surface area contributed by atoms with E-state index in [0.29, 0.717) is 29.0 Å². The predicted molar refractivity (Wildman–Crippen MR) is 106 cm³/mol. The summed E-state index contributed by atoms with van der Waals surface area (Å²) in [5.74, 6) is 1.11. The molecule has 1 aliphatic carbocycles. The molecule has 2 aliphatic rings.